The molecule has 0 atom stereocenters. The van der Waals surface area contributed by atoms with Crippen LogP contribution in [-0.4, -0.2) is 18.1 Å². The maximum Gasteiger partial charge on any atom is 0.185 e. The van der Waals surface area contributed by atoms with Crippen molar-refractivity contribution in [3.05, 3.63) is 31.4 Å². The number of halogens is 1. The van der Waals surface area contributed by atoms with Gasteiger partial charge in [0, 0.05) is 39.2 Å². The molecule has 1 fully saturated rings. The number of nitrogens with zero attached hydrogens (tertiary/aromatic N) is 2. The minimum Gasteiger partial charge on any atom is -0.346 e. The van der Waals surface area contributed by atoms with Gasteiger partial charge in [0.2, 0.25) is 0 Å². The van der Waals surface area contributed by atoms with Crippen molar-refractivity contribution >= 4 is 43.7 Å². The molecule has 0 spiro atoms. The highest BCUT2D eigenvalue weighted by atomic mass is 79.9. The number of nitrogens with one attached hydrogen (secondary N) is 1. The zero-order valence-electron chi connectivity index (χ0n) is 11.6. The highest BCUT2D eigenvalue weighted by molar-refractivity contribution is 9.10. The first-order valence-electron chi connectivity index (χ1n) is 6.75. The maximum atomic E-state index is 4.71. The van der Waals surface area contributed by atoms with Crippen molar-refractivity contribution in [3.63, 3.8) is 0 Å². The fourth-order valence-electron chi connectivity index (χ4n) is 2.00. The second kappa shape index (κ2) is 6.13. The molecule has 1 N–H and O–H groups in total. The van der Waals surface area contributed by atoms with E-state index in [0.29, 0.717) is 0 Å². The van der Waals surface area contributed by atoms with Gasteiger partial charge in [-0.05, 0) is 41.8 Å². The lowest BCUT2D eigenvalue weighted by atomic mass is 10.4. The number of thiazole rings is 1. The summed E-state index contributed by atoms with van der Waals surface area (Å²) < 4.78 is 1.16. The molecule has 0 radical (unpaired) electrons. The van der Waals surface area contributed by atoms with E-state index in [9.17, 15) is 0 Å². The lowest BCUT2D eigenvalue weighted by Gasteiger charge is -2.14. The average molecular weight is 372 g/mol. The maximum absolute atomic E-state index is 4.71. The molecule has 108 valence electrons. The van der Waals surface area contributed by atoms with Crippen molar-refractivity contribution in [1.82, 2.24) is 10.3 Å². The quantitative estimate of drug-likeness (QED) is 0.825. The summed E-state index contributed by atoms with van der Waals surface area (Å²) in [4.78, 5) is 9.66. The van der Waals surface area contributed by atoms with Gasteiger partial charge in [-0.1, -0.05) is 0 Å². The Morgan fingerprint density at radius 2 is 2.30 bits per heavy atom. The highest BCUT2D eigenvalue weighted by Gasteiger charge is 2.21. The predicted octanol–water partition coefficient (Wildman–Crippen LogP) is 4.16. The van der Waals surface area contributed by atoms with Crippen LogP contribution in [0.2, 0.25) is 0 Å². The van der Waals surface area contributed by atoms with Gasteiger partial charge >= 0.3 is 0 Å². The molecule has 2 aromatic rings. The average Bonchev–Trinajstić information content (AvgIpc) is 3.04. The normalized spacial score (nSPS) is 14.8. The van der Waals surface area contributed by atoms with Gasteiger partial charge in [0.05, 0.1) is 12.2 Å². The van der Waals surface area contributed by atoms with Gasteiger partial charge in [0.15, 0.2) is 5.13 Å². The highest BCUT2D eigenvalue weighted by Crippen LogP contribution is 2.29. The fourth-order valence-corrected chi connectivity index (χ4v) is 4.48. The Morgan fingerprint density at radius 3 is 2.95 bits per heavy atom. The Balaban J connectivity index is 1.64. The third kappa shape index (κ3) is 3.61. The molecule has 0 unspecified atom stereocenters. The van der Waals surface area contributed by atoms with E-state index in [2.05, 4.69) is 51.6 Å². The van der Waals surface area contributed by atoms with Crippen molar-refractivity contribution < 1.29 is 0 Å². The van der Waals surface area contributed by atoms with Crippen LogP contribution in [0.1, 0.15) is 28.3 Å². The van der Waals surface area contributed by atoms with Gasteiger partial charge in [0.1, 0.15) is 0 Å². The van der Waals surface area contributed by atoms with Crippen molar-refractivity contribution in [2.45, 2.75) is 38.9 Å². The molecule has 3 nitrogen and oxygen atoms in total. The van der Waals surface area contributed by atoms with E-state index in [1.807, 2.05) is 11.3 Å². The van der Waals surface area contributed by atoms with Crippen molar-refractivity contribution in [2.75, 3.05) is 11.9 Å². The van der Waals surface area contributed by atoms with Gasteiger partial charge in [-0.15, -0.1) is 22.7 Å². The van der Waals surface area contributed by atoms with Crippen molar-refractivity contribution in [2.24, 2.45) is 0 Å². The minimum atomic E-state index is 0.751. The summed E-state index contributed by atoms with van der Waals surface area (Å²) in [6, 6.07) is 2.93. The molecule has 20 heavy (non-hydrogen) atoms. The lowest BCUT2D eigenvalue weighted by molar-refractivity contribution is 0.691. The van der Waals surface area contributed by atoms with E-state index in [-0.39, 0.29) is 0 Å². The van der Waals surface area contributed by atoms with Gasteiger partial charge in [-0.2, -0.15) is 0 Å². The molecule has 2 heterocycles. The summed E-state index contributed by atoms with van der Waals surface area (Å²) in [5.41, 5.74) is 1.16. The van der Waals surface area contributed by atoms with E-state index < -0.39 is 0 Å². The molecule has 0 aliphatic heterocycles. The first-order chi connectivity index (χ1) is 9.61. The molecule has 3 rings (SSSR count). The molecular formula is C14H18BrN3S2. The number of thiophene rings is 1. The van der Waals surface area contributed by atoms with E-state index in [1.54, 1.807) is 11.3 Å². The van der Waals surface area contributed by atoms with Crippen LogP contribution in [0.5, 0.6) is 0 Å². The van der Waals surface area contributed by atoms with Crippen LogP contribution >= 0.6 is 38.6 Å². The Kier molecular flexibility index (Phi) is 4.45. The second-order valence-electron chi connectivity index (χ2n) is 5.25. The zero-order valence-corrected chi connectivity index (χ0v) is 14.9. The van der Waals surface area contributed by atoms with Crippen LogP contribution in [0.4, 0.5) is 5.13 Å². The largest absolute Gasteiger partial charge is 0.346 e. The summed E-state index contributed by atoms with van der Waals surface area (Å²) >= 11 is 7.10. The number of hydrogen-bond acceptors (Lipinski definition) is 5. The molecule has 1 saturated carbocycles. The third-order valence-corrected chi connectivity index (χ3v) is 6.31. The number of aryl methyl sites for hydroxylation is 1. The summed E-state index contributed by atoms with van der Waals surface area (Å²) in [6.45, 7) is 3.99. The van der Waals surface area contributed by atoms with Crippen LogP contribution in [0.25, 0.3) is 0 Å². The van der Waals surface area contributed by atoms with E-state index in [1.165, 1.54) is 22.6 Å². The molecule has 0 amide bonds. The SMILES string of the molecule is Cc1nc(N(C)Cc2cc(Br)cs2)sc1CNC1CC1. The van der Waals surface area contributed by atoms with Crippen molar-refractivity contribution in [1.29, 1.82) is 0 Å². The number of rotatable bonds is 6. The third-order valence-electron chi connectivity index (χ3n) is 3.35. The Labute approximate surface area is 136 Å². The first kappa shape index (κ1) is 14.5. The van der Waals surface area contributed by atoms with Crippen LogP contribution in [0.3, 0.4) is 0 Å². The molecule has 6 heteroatoms. The smallest absolute Gasteiger partial charge is 0.185 e. The monoisotopic (exact) mass is 371 g/mol. The predicted molar refractivity (Wildman–Crippen MR) is 90.8 cm³/mol. The molecule has 1 aliphatic carbocycles. The van der Waals surface area contributed by atoms with Gasteiger partial charge < -0.3 is 10.2 Å². The molecule has 0 saturated heterocycles. The van der Waals surface area contributed by atoms with E-state index in [0.717, 1.165) is 34.4 Å². The van der Waals surface area contributed by atoms with Gasteiger partial charge in [0.25, 0.3) is 0 Å². The standard InChI is InChI=1S/C14H18BrN3S2/c1-9-13(6-16-11-3-4-11)20-14(17-9)18(2)7-12-5-10(15)8-19-12/h5,8,11,16H,3-4,6-7H2,1-2H3. The number of anilines is 1. The van der Waals surface area contributed by atoms with Crippen LogP contribution in [0.15, 0.2) is 15.9 Å². The van der Waals surface area contributed by atoms with E-state index in [4.69, 9.17) is 4.98 Å². The summed E-state index contributed by atoms with van der Waals surface area (Å²) in [6.07, 6.45) is 2.66. The molecular weight excluding hydrogens is 354 g/mol. The van der Waals surface area contributed by atoms with Crippen LogP contribution in [0, 0.1) is 6.92 Å². The van der Waals surface area contributed by atoms with E-state index >= 15 is 0 Å². The summed E-state index contributed by atoms with van der Waals surface area (Å²) in [5, 5.41) is 6.80. The summed E-state index contributed by atoms with van der Waals surface area (Å²) in [5.74, 6) is 0. The van der Waals surface area contributed by atoms with Crippen molar-refractivity contribution in [3.8, 4) is 0 Å². The molecule has 1 aliphatic rings. The van der Waals surface area contributed by atoms with Gasteiger partial charge in [-0.3, -0.25) is 0 Å². The first-order valence-corrected chi connectivity index (χ1v) is 9.24. The topological polar surface area (TPSA) is 28.2 Å². The molecule has 0 aromatic carbocycles. The Morgan fingerprint density at radius 1 is 1.50 bits per heavy atom. The number of aromatic nitrogens is 1. The summed E-state index contributed by atoms with van der Waals surface area (Å²) in [7, 11) is 2.12. The van der Waals surface area contributed by atoms with Gasteiger partial charge in [-0.25, -0.2) is 4.98 Å². The Bertz CT molecular complexity index is 589. The van der Waals surface area contributed by atoms with Crippen LogP contribution < -0.4 is 10.2 Å². The second-order valence-corrected chi connectivity index (χ2v) is 8.22. The lowest BCUT2D eigenvalue weighted by Crippen LogP contribution is -2.15. The van der Waals surface area contributed by atoms with Crippen LogP contribution in [-0.2, 0) is 13.1 Å². The number of hydrogen-bond donors (Lipinski definition) is 1. The fraction of sp³-hybridized carbons (Fsp3) is 0.500. The minimum absolute atomic E-state index is 0.751. The zero-order chi connectivity index (χ0) is 14.1. The molecule has 0 bridgehead atoms. The Hall–Kier alpha value is -0.430. The molecule has 2 aromatic heterocycles.